The highest BCUT2D eigenvalue weighted by molar-refractivity contribution is 7.99. The molecular weight excluding hydrogens is 377 g/mol. The normalized spacial score (nSPS) is 19.3. The number of halogens is 1. The van der Waals surface area contributed by atoms with Crippen LogP contribution < -0.4 is 16.0 Å². The van der Waals surface area contributed by atoms with Crippen LogP contribution in [0, 0.1) is 11.7 Å². The third kappa shape index (κ3) is 5.03. The van der Waals surface area contributed by atoms with Crippen molar-refractivity contribution >= 4 is 35.3 Å². The van der Waals surface area contributed by atoms with Crippen molar-refractivity contribution in [3.8, 4) is 0 Å². The molecule has 1 aliphatic heterocycles. The van der Waals surface area contributed by atoms with Gasteiger partial charge in [-0.2, -0.15) is 0 Å². The number of anilines is 1. The Kier molecular flexibility index (Phi) is 5.69. The number of hydrogen-bond acceptors (Lipinski definition) is 7. The third-order valence-corrected chi connectivity index (χ3v) is 4.65. The molecule has 2 aromatic rings. The molecule has 3 rings (SSSR count). The van der Waals surface area contributed by atoms with Crippen molar-refractivity contribution in [1.82, 2.24) is 20.8 Å². The molecular formula is C16H16FN5O4S. The average Bonchev–Trinajstić information content (AvgIpc) is 3.06. The van der Waals surface area contributed by atoms with E-state index in [0.29, 0.717) is 5.69 Å². The van der Waals surface area contributed by atoms with Crippen molar-refractivity contribution < 1.29 is 23.2 Å². The summed E-state index contributed by atoms with van der Waals surface area (Å²) in [5, 5.41) is 15.3. The van der Waals surface area contributed by atoms with Gasteiger partial charge in [-0.25, -0.2) is 9.18 Å². The Morgan fingerprint density at radius 1 is 1.30 bits per heavy atom. The highest BCUT2D eigenvalue weighted by Gasteiger charge is 2.34. The van der Waals surface area contributed by atoms with Gasteiger partial charge in [-0.3, -0.25) is 14.9 Å². The van der Waals surface area contributed by atoms with E-state index in [0.717, 1.165) is 11.8 Å². The molecule has 0 aliphatic carbocycles. The number of amides is 4. The first kappa shape index (κ1) is 18.8. The summed E-state index contributed by atoms with van der Waals surface area (Å²) in [4.78, 5) is 35.0. The number of carbonyl (C=O) groups is 3. The molecule has 1 aromatic carbocycles. The molecule has 27 heavy (non-hydrogen) atoms. The number of nitrogens with one attached hydrogen (secondary N) is 3. The number of hydrogen-bond donors (Lipinski definition) is 3. The summed E-state index contributed by atoms with van der Waals surface area (Å²) in [5.41, 5.74) is 0.479. The van der Waals surface area contributed by atoms with E-state index in [1.54, 1.807) is 6.92 Å². The molecule has 1 fully saturated rings. The highest BCUT2D eigenvalue weighted by Crippen LogP contribution is 2.20. The third-order valence-electron chi connectivity index (χ3n) is 3.83. The smallest absolute Gasteiger partial charge is 0.321 e. The molecule has 0 spiro atoms. The van der Waals surface area contributed by atoms with Gasteiger partial charge < -0.3 is 15.1 Å². The molecule has 4 amide bonds. The number of nitrogens with zero attached hydrogens (tertiary/aromatic N) is 2. The van der Waals surface area contributed by atoms with E-state index in [2.05, 4.69) is 26.1 Å². The van der Waals surface area contributed by atoms with Crippen molar-refractivity contribution in [1.29, 1.82) is 0 Å². The second-order valence-corrected chi connectivity index (χ2v) is 6.79. The molecule has 2 atom stereocenters. The van der Waals surface area contributed by atoms with Gasteiger partial charge in [0.2, 0.25) is 17.7 Å². The van der Waals surface area contributed by atoms with Crippen LogP contribution in [0.4, 0.5) is 14.9 Å². The lowest BCUT2D eigenvalue weighted by Gasteiger charge is -2.27. The molecule has 1 saturated heterocycles. The zero-order chi connectivity index (χ0) is 19.4. The number of benzene rings is 1. The lowest BCUT2D eigenvalue weighted by molar-refractivity contribution is -0.125. The van der Waals surface area contributed by atoms with Crippen LogP contribution in [0.15, 0.2) is 33.9 Å². The van der Waals surface area contributed by atoms with Gasteiger partial charge in [0.1, 0.15) is 5.82 Å². The molecule has 0 saturated carbocycles. The molecule has 11 heteroatoms. The van der Waals surface area contributed by atoms with Crippen LogP contribution in [0.3, 0.4) is 0 Å². The SMILES string of the molecule is CC1NC(=O)NC(=O)C1Cc1nnc(SCC(=O)Nc2ccc(F)cc2)o1. The first-order valence-electron chi connectivity index (χ1n) is 8.02. The summed E-state index contributed by atoms with van der Waals surface area (Å²) < 4.78 is 18.3. The number of imide groups is 1. The maximum Gasteiger partial charge on any atom is 0.321 e. The van der Waals surface area contributed by atoms with Gasteiger partial charge in [-0.15, -0.1) is 10.2 Å². The number of urea groups is 1. The van der Waals surface area contributed by atoms with E-state index in [1.165, 1.54) is 24.3 Å². The molecule has 3 N–H and O–H groups in total. The number of carbonyl (C=O) groups excluding carboxylic acids is 3. The van der Waals surface area contributed by atoms with Crippen molar-refractivity contribution in [2.45, 2.75) is 24.6 Å². The Morgan fingerprint density at radius 3 is 2.74 bits per heavy atom. The van der Waals surface area contributed by atoms with Crippen molar-refractivity contribution in [3.05, 3.63) is 36.0 Å². The minimum atomic E-state index is -0.530. The van der Waals surface area contributed by atoms with Crippen LogP contribution in [-0.2, 0) is 16.0 Å². The maximum atomic E-state index is 12.8. The van der Waals surface area contributed by atoms with Crippen LogP contribution in [-0.4, -0.2) is 39.8 Å². The summed E-state index contributed by atoms with van der Waals surface area (Å²) in [5.74, 6) is -1.37. The zero-order valence-electron chi connectivity index (χ0n) is 14.2. The van der Waals surface area contributed by atoms with Crippen molar-refractivity contribution in [2.24, 2.45) is 5.92 Å². The summed E-state index contributed by atoms with van der Waals surface area (Å²) in [6.07, 6.45) is 0.169. The minimum Gasteiger partial charge on any atom is -0.416 e. The first-order valence-corrected chi connectivity index (χ1v) is 9.01. The lowest BCUT2D eigenvalue weighted by Crippen LogP contribution is -2.57. The molecule has 0 bridgehead atoms. The molecule has 1 aromatic heterocycles. The number of thioether (sulfide) groups is 1. The summed E-state index contributed by atoms with van der Waals surface area (Å²) in [6.45, 7) is 1.72. The fourth-order valence-corrected chi connectivity index (χ4v) is 3.05. The van der Waals surface area contributed by atoms with Crippen molar-refractivity contribution in [2.75, 3.05) is 11.1 Å². The standard InChI is InChI=1S/C16H16FN5O4S/c1-8-11(14(24)20-15(25)18-8)6-13-21-22-16(26-13)27-7-12(23)19-10-4-2-9(17)3-5-10/h2-5,8,11H,6-7H2,1H3,(H,19,23)(H2,18,20,24,25). The minimum absolute atomic E-state index is 0.0232. The topological polar surface area (TPSA) is 126 Å². The van der Waals surface area contributed by atoms with E-state index in [4.69, 9.17) is 4.42 Å². The lowest BCUT2D eigenvalue weighted by atomic mass is 9.95. The fraction of sp³-hybridized carbons (Fsp3) is 0.312. The average molecular weight is 393 g/mol. The quantitative estimate of drug-likeness (QED) is 0.632. The van der Waals surface area contributed by atoms with Gasteiger partial charge in [0.25, 0.3) is 5.22 Å². The number of rotatable bonds is 6. The summed E-state index contributed by atoms with van der Waals surface area (Å²) in [6, 6.07) is 4.51. The van der Waals surface area contributed by atoms with E-state index in [-0.39, 0.29) is 41.1 Å². The Bertz CT molecular complexity index is 857. The second-order valence-electron chi connectivity index (χ2n) is 5.87. The maximum absolute atomic E-state index is 12.8. The van der Waals surface area contributed by atoms with E-state index in [1.807, 2.05) is 0 Å². The molecule has 2 unspecified atom stereocenters. The summed E-state index contributed by atoms with van der Waals surface area (Å²) in [7, 11) is 0. The highest BCUT2D eigenvalue weighted by atomic mass is 32.2. The van der Waals surface area contributed by atoms with Crippen LogP contribution in [0.1, 0.15) is 12.8 Å². The fourth-order valence-electron chi connectivity index (χ4n) is 2.47. The largest absolute Gasteiger partial charge is 0.416 e. The van der Waals surface area contributed by atoms with Gasteiger partial charge >= 0.3 is 6.03 Å². The second kappa shape index (κ2) is 8.16. The van der Waals surface area contributed by atoms with Crippen LogP contribution in [0.5, 0.6) is 0 Å². The van der Waals surface area contributed by atoms with Gasteiger partial charge in [-0.1, -0.05) is 11.8 Å². The molecule has 2 heterocycles. The Morgan fingerprint density at radius 2 is 2.04 bits per heavy atom. The Hall–Kier alpha value is -2.95. The van der Waals surface area contributed by atoms with Crippen LogP contribution in [0.25, 0.3) is 0 Å². The molecule has 142 valence electrons. The van der Waals surface area contributed by atoms with Gasteiger partial charge in [-0.05, 0) is 31.2 Å². The molecule has 9 nitrogen and oxygen atoms in total. The van der Waals surface area contributed by atoms with Gasteiger partial charge in [0, 0.05) is 18.2 Å². The predicted octanol–water partition coefficient (Wildman–Crippen LogP) is 1.33. The van der Waals surface area contributed by atoms with Gasteiger partial charge in [0.05, 0.1) is 11.7 Å². The van der Waals surface area contributed by atoms with Crippen molar-refractivity contribution in [3.63, 3.8) is 0 Å². The summed E-state index contributed by atoms with van der Waals surface area (Å²) >= 11 is 1.04. The molecule has 0 radical (unpaired) electrons. The first-order chi connectivity index (χ1) is 12.9. The number of aromatic nitrogens is 2. The Labute approximate surface area is 157 Å². The predicted molar refractivity (Wildman–Crippen MR) is 93.4 cm³/mol. The van der Waals surface area contributed by atoms with Gasteiger partial charge in [0.15, 0.2) is 0 Å². The van der Waals surface area contributed by atoms with E-state index >= 15 is 0 Å². The monoisotopic (exact) mass is 393 g/mol. The zero-order valence-corrected chi connectivity index (χ0v) is 15.0. The van der Waals surface area contributed by atoms with Crippen LogP contribution >= 0.6 is 11.8 Å². The van der Waals surface area contributed by atoms with E-state index in [9.17, 15) is 18.8 Å². The van der Waals surface area contributed by atoms with E-state index < -0.39 is 17.9 Å². The Balaban J connectivity index is 1.50. The molecule has 1 aliphatic rings. The van der Waals surface area contributed by atoms with Crippen LogP contribution in [0.2, 0.25) is 0 Å².